The van der Waals surface area contributed by atoms with Crippen molar-refractivity contribution in [1.29, 1.82) is 0 Å². The Hall–Kier alpha value is -1.10. The lowest BCUT2D eigenvalue weighted by atomic mass is 9.87. The van der Waals surface area contributed by atoms with Gasteiger partial charge in [0.25, 0.3) is 0 Å². The Bertz CT molecular complexity index is 491. The summed E-state index contributed by atoms with van der Waals surface area (Å²) < 4.78 is 38.1. The van der Waals surface area contributed by atoms with Crippen LogP contribution in [0.5, 0.6) is 0 Å². The van der Waals surface area contributed by atoms with E-state index in [9.17, 15) is 13.2 Å². The van der Waals surface area contributed by atoms with Gasteiger partial charge in [0.2, 0.25) is 0 Å². The minimum Gasteiger partial charge on any atom is -0.241 e. The second-order valence-electron chi connectivity index (χ2n) is 4.57. The first-order valence-corrected chi connectivity index (χ1v) is 6.52. The molecule has 1 aromatic rings. The van der Waals surface area contributed by atoms with Gasteiger partial charge in [0, 0.05) is 10.5 Å². The number of aromatic nitrogens is 1. The molecule has 0 radical (unpaired) electrons. The molecule has 0 aliphatic heterocycles. The summed E-state index contributed by atoms with van der Waals surface area (Å²) in [5, 5.41) is 0.800. The lowest BCUT2D eigenvalue weighted by Crippen LogP contribution is -2.27. The molecular weight excluding hydrogens is 259 g/mol. The van der Waals surface area contributed by atoms with E-state index in [-0.39, 0.29) is 0 Å². The van der Waals surface area contributed by atoms with E-state index < -0.39 is 18.0 Å². The number of hydrogen-bond acceptors (Lipinski definition) is 2. The second-order valence-corrected chi connectivity index (χ2v) is 5.77. The maximum atomic E-state index is 12.7. The molecule has 0 N–H and O–H groups in total. The smallest absolute Gasteiger partial charge is 0.241 e. The van der Waals surface area contributed by atoms with E-state index in [1.807, 2.05) is 13.8 Å². The quantitative estimate of drug-likeness (QED) is 0.732. The topological polar surface area (TPSA) is 12.9 Å². The predicted molar refractivity (Wildman–Crippen MR) is 67.4 cm³/mol. The molecule has 1 aliphatic carbocycles. The van der Waals surface area contributed by atoms with Crippen LogP contribution in [0, 0.1) is 25.7 Å². The van der Waals surface area contributed by atoms with Crippen molar-refractivity contribution in [2.75, 3.05) is 0 Å². The first-order valence-electron chi connectivity index (χ1n) is 5.70. The molecule has 5 heteroatoms. The number of aryl methyl sites for hydroxylation is 2. The van der Waals surface area contributed by atoms with E-state index in [0.29, 0.717) is 0 Å². The van der Waals surface area contributed by atoms with Gasteiger partial charge in [0.15, 0.2) is 0 Å². The number of halogens is 3. The average molecular weight is 273 g/mol. The van der Waals surface area contributed by atoms with Gasteiger partial charge in [-0.2, -0.15) is 13.2 Å². The van der Waals surface area contributed by atoms with E-state index in [4.69, 9.17) is 0 Å². The Morgan fingerprint density at radius 1 is 1.28 bits per heavy atom. The number of alkyl halides is 3. The summed E-state index contributed by atoms with van der Waals surface area (Å²) in [4.78, 5) is 5.48. The van der Waals surface area contributed by atoms with Crippen molar-refractivity contribution in [3.63, 3.8) is 0 Å². The van der Waals surface area contributed by atoms with Crippen LogP contribution >= 0.6 is 11.3 Å². The molecule has 0 saturated carbocycles. The molecule has 98 valence electrons. The van der Waals surface area contributed by atoms with Crippen molar-refractivity contribution < 1.29 is 13.2 Å². The number of allylic oxidation sites excluding steroid dienone is 4. The van der Waals surface area contributed by atoms with Gasteiger partial charge >= 0.3 is 6.18 Å². The number of nitrogens with zero attached hydrogens (tertiary/aromatic N) is 1. The van der Waals surface area contributed by atoms with Crippen molar-refractivity contribution in [2.45, 2.75) is 26.9 Å². The van der Waals surface area contributed by atoms with Crippen LogP contribution in [0.15, 0.2) is 18.2 Å². The fourth-order valence-corrected chi connectivity index (χ4v) is 2.89. The normalized spacial score (nSPS) is 24.2. The maximum Gasteiger partial charge on any atom is 0.395 e. The third-order valence-electron chi connectivity index (χ3n) is 3.15. The van der Waals surface area contributed by atoms with Gasteiger partial charge in [-0.15, -0.1) is 11.3 Å². The zero-order chi connectivity index (χ0) is 13.5. The fraction of sp³-hybridized carbons (Fsp3) is 0.462. The molecule has 0 aromatic carbocycles. The summed E-state index contributed by atoms with van der Waals surface area (Å²) in [6.07, 6.45) is 0.268. The Morgan fingerprint density at radius 2 is 1.94 bits per heavy atom. The van der Waals surface area contributed by atoms with Gasteiger partial charge in [-0.1, -0.05) is 25.2 Å². The summed E-state index contributed by atoms with van der Waals surface area (Å²) in [6.45, 7) is 5.46. The molecule has 0 fully saturated rings. The summed E-state index contributed by atoms with van der Waals surface area (Å²) >= 11 is 1.52. The average Bonchev–Trinajstić information content (AvgIpc) is 2.57. The number of thiazole rings is 1. The van der Waals surface area contributed by atoms with Crippen LogP contribution in [0.4, 0.5) is 13.2 Å². The number of hydrogen-bond donors (Lipinski definition) is 0. The van der Waals surface area contributed by atoms with Crippen molar-refractivity contribution in [1.82, 2.24) is 4.98 Å². The summed E-state index contributed by atoms with van der Waals surface area (Å²) in [5.74, 6) is -1.93. The fourth-order valence-electron chi connectivity index (χ4n) is 1.97. The molecule has 0 saturated heterocycles. The molecule has 0 bridgehead atoms. The molecule has 0 spiro atoms. The molecule has 1 nitrogen and oxygen atoms in total. The zero-order valence-electron chi connectivity index (χ0n) is 10.4. The van der Waals surface area contributed by atoms with Crippen molar-refractivity contribution in [2.24, 2.45) is 11.8 Å². The molecule has 18 heavy (non-hydrogen) atoms. The highest BCUT2D eigenvalue weighted by Crippen LogP contribution is 2.39. The van der Waals surface area contributed by atoms with Crippen LogP contribution < -0.4 is 0 Å². The van der Waals surface area contributed by atoms with E-state index in [1.54, 1.807) is 13.0 Å². The molecule has 1 aromatic heterocycles. The first-order chi connectivity index (χ1) is 8.29. The van der Waals surface area contributed by atoms with Crippen LogP contribution in [-0.4, -0.2) is 11.2 Å². The second kappa shape index (κ2) is 4.53. The van der Waals surface area contributed by atoms with Crippen LogP contribution in [0.3, 0.4) is 0 Å². The Morgan fingerprint density at radius 3 is 2.39 bits per heavy atom. The number of rotatable bonds is 1. The summed E-state index contributed by atoms with van der Waals surface area (Å²) in [6, 6.07) is 0. The minimum atomic E-state index is -4.17. The van der Waals surface area contributed by atoms with E-state index in [1.165, 1.54) is 23.5 Å². The Kier molecular flexibility index (Phi) is 3.36. The standard InChI is InChI=1S/C13H14F3NS/c1-7-6-10(4-5-11(7)13(14,15)16)12-17-8(2)9(3)18-12/h4-7,11H,1-3H3. The van der Waals surface area contributed by atoms with Gasteiger partial charge in [0.05, 0.1) is 11.6 Å². The third kappa shape index (κ3) is 2.51. The Balaban J connectivity index is 2.27. The lowest BCUT2D eigenvalue weighted by molar-refractivity contribution is -0.168. The minimum absolute atomic E-state index is 0.547. The summed E-state index contributed by atoms with van der Waals surface area (Å²) in [7, 11) is 0. The van der Waals surface area contributed by atoms with E-state index in [2.05, 4.69) is 4.98 Å². The highest BCUT2D eigenvalue weighted by molar-refractivity contribution is 7.12. The van der Waals surface area contributed by atoms with Crippen LogP contribution in [0.1, 0.15) is 22.5 Å². The van der Waals surface area contributed by atoms with E-state index in [0.717, 1.165) is 21.2 Å². The highest BCUT2D eigenvalue weighted by atomic mass is 32.1. The zero-order valence-corrected chi connectivity index (χ0v) is 11.2. The van der Waals surface area contributed by atoms with Gasteiger partial charge in [-0.05, 0) is 19.8 Å². The SMILES string of the molecule is Cc1nc(C2=CC(C)C(C(F)(F)F)C=C2)sc1C. The molecule has 2 rings (SSSR count). The predicted octanol–water partition coefficient (Wildman–Crippen LogP) is 4.53. The van der Waals surface area contributed by atoms with Gasteiger partial charge < -0.3 is 0 Å². The van der Waals surface area contributed by atoms with Crippen LogP contribution in [0.2, 0.25) is 0 Å². The molecule has 2 atom stereocenters. The van der Waals surface area contributed by atoms with Crippen molar-refractivity contribution >= 4 is 16.9 Å². The third-order valence-corrected chi connectivity index (χ3v) is 4.27. The molecule has 1 aliphatic rings. The van der Waals surface area contributed by atoms with Gasteiger partial charge in [0.1, 0.15) is 5.01 Å². The van der Waals surface area contributed by atoms with Crippen molar-refractivity contribution in [3.8, 4) is 0 Å². The molecule has 1 heterocycles. The molecule has 0 amide bonds. The monoisotopic (exact) mass is 273 g/mol. The lowest BCUT2D eigenvalue weighted by Gasteiger charge is -2.24. The molecule has 2 unspecified atom stereocenters. The van der Waals surface area contributed by atoms with Crippen molar-refractivity contribution in [3.05, 3.63) is 33.8 Å². The summed E-state index contributed by atoms with van der Waals surface area (Å²) in [5.41, 5.74) is 1.74. The van der Waals surface area contributed by atoms with Gasteiger partial charge in [-0.3, -0.25) is 0 Å². The van der Waals surface area contributed by atoms with Crippen LogP contribution in [0.25, 0.3) is 5.57 Å². The first kappa shape index (κ1) is 13.3. The largest absolute Gasteiger partial charge is 0.395 e. The van der Waals surface area contributed by atoms with E-state index >= 15 is 0 Å². The molecular formula is C13H14F3NS. The highest BCUT2D eigenvalue weighted by Gasteiger charge is 2.41. The maximum absolute atomic E-state index is 12.7. The van der Waals surface area contributed by atoms with Crippen LogP contribution in [-0.2, 0) is 0 Å². The van der Waals surface area contributed by atoms with Gasteiger partial charge in [-0.25, -0.2) is 4.98 Å². The Labute approximate surface area is 108 Å².